The molecule has 3 nitrogen and oxygen atoms in total. The summed E-state index contributed by atoms with van der Waals surface area (Å²) in [5.74, 6) is 0.829. The molecule has 1 atom stereocenters. The van der Waals surface area contributed by atoms with Gasteiger partial charge in [0.05, 0.1) is 17.8 Å². The Morgan fingerprint density at radius 2 is 1.84 bits per heavy atom. The van der Waals surface area contributed by atoms with E-state index >= 15 is 0 Å². The van der Waals surface area contributed by atoms with E-state index in [0.717, 1.165) is 22.6 Å². The van der Waals surface area contributed by atoms with Crippen LogP contribution in [0.15, 0.2) is 42.6 Å². The van der Waals surface area contributed by atoms with Gasteiger partial charge in [0.15, 0.2) is 0 Å². The zero-order chi connectivity index (χ0) is 13.8. The molecule has 0 aliphatic heterocycles. The first-order valence-corrected chi connectivity index (χ1v) is 6.52. The Bertz CT molecular complexity index is 552. The van der Waals surface area contributed by atoms with Gasteiger partial charge in [0, 0.05) is 11.8 Å². The number of nitrogens with two attached hydrogens (primary N) is 1. The van der Waals surface area contributed by atoms with E-state index in [2.05, 4.69) is 4.98 Å². The molecule has 0 saturated carbocycles. The number of aryl methyl sites for hydroxylation is 1. The summed E-state index contributed by atoms with van der Waals surface area (Å²) in [6.07, 6.45) is 1.90. The van der Waals surface area contributed by atoms with Gasteiger partial charge in [-0.15, -0.1) is 0 Å². The van der Waals surface area contributed by atoms with Gasteiger partial charge in [-0.3, -0.25) is 4.98 Å². The van der Waals surface area contributed by atoms with Gasteiger partial charge in [-0.05, 0) is 38.5 Å². The number of hydrogen-bond donors (Lipinski definition) is 1. The normalized spacial score (nSPS) is 12.5. The number of pyridine rings is 1. The van der Waals surface area contributed by atoms with E-state index in [4.69, 9.17) is 10.5 Å². The molecule has 2 aromatic rings. The number of para-hydroxylation sites is 1. The van der Waals surface area contributed by atoms with Gasteiger partial charge in [0.2, 0.25) is 0 Å². The van der Waals surface area contributed by atoms with Crippen LogP contribution in [0.25, 0.3) is 0 Å². The molecule has 2 rings (SSSR count). The molecule has 1 aromatic carbocycles. The van der Waals surface area contributed by atoms with E-state index in [1.54, 1.807) is 6.20 Å². The Hall–Kier alpha value is -1.87. The maximum absolute atomic E-state index is 6.35. The second-order valence-corrected chi connectivity index (χ2v) is 4.89. The van der Waals surface area contributed by atoms with E-state index in [1.165, 1.54) is 0 Å². The van der Waals surface area contributed by atoms with Crippen LogP contribution in [0.5, 0.6) is 5.75 Å². The lowest BCUT2D eigenvalue weighted by Crippen LogP contribution is -2.17. The monoisotopic (exact) mass is 256 g/mol. The van der Waals surface area contributed by atoms with Crippen LogP contribution in [0.1, 0.15) is 36.7 Å². The van der Waals surface area contributed by atoms with Gasteiger partial charge in [0.25, 0.3) is 0 Å². The van der Waals surface area contributed by atoms with Crippen molar-refractivity contribution in [2.24, 2.45) is 5.73 Å². The van der Waals surface area contributed by atoms with Crippen LogP contribution < -0.4 is 10.5 Å². The SMILES string of the molecule is Cc1cccnc1C(N)c1ccccc1OC(C)C. The zero-order valence-electron chi connectivity index (χ0n) is 11.6. The van der Waals surface area contributed by atoms with Crippen LogP contribution in [0.3, 0.4) is 0 Å². The van der Waals surface area contributed by atoms with Crippen molar-refractivity contribution < 1.29 is 4.74 Å². The molecule has 3 heteroatoms. The van der Waals surface area contributed by atoms with Gasteiger partial charge in [0.1, 0.15) is 5.75 Å². The largest absolute Gasteiger partial charge is 0.491 e. The van der Waals surface area contributed by atoms with Crippen molar-refractivity contribution in [3.63, 3.8) is 0 Å². The Labute approximate surface area is 114 Å². The van der Waals surface area contributed by atoms with E-state index in [-0.39, 0.29) is 12.1 Å². The van der Waals surface area contributed by atoms with E-state index in [0.29, 0.717) is 0 Å². The van der Waals surface area contributed by atoms with Crippen molar-refractivity contribution in [2.45, 2.75) is 32.9 Å². The maximum atomic E-state index is 6.35. The van der Waals surface area contributed by atoms with Gasteiger partial charge < -0.3 is 10.5 Å². The minimum atomic E-state index is -0.267. The van der Waals surface area contributed by atoms with Crippen LogP contribution in [-0.4, -0.2) is 11.1 Å². The molecule has 0 bridgehead atoms. The molecule has 0 spiro atoms. The average molecular weight is 256 g/mol. The van der Waals surface area contributed by atoms with Crippen molar-refractivity contribution in [1.82, 2.24) is 4.98 Å². The van der Waals surface area contributed by atoms with E-state index in [9.17, 15) is 0 Å². The molecule has 0 aliphatic carbocycles. The van der Waals surface area contributed by atoms with Crippen LogP contribution in [0.2, 0.25) is 0 Å². The molecule has 1 aromatic heterocycles. The highest BCUT2D eigenvalue weighted by Crippen LogP contribution is 2.29. The second kappa shape index (κ2) is 5.85. The Morgan fingerprint density at radius 1 is 1.11 bits per heavy atom. The minimum absolute atomic E-state index is 0.123. The molecule has 0 amide bonds. The Kier molecular flexibility index (Phi) is 4.17. The van der Waals surface area contributed by atoms with Crippen LogP contribution in [0.4, 0.5) is 0 Å². The predicted octanol–water partition coefficient (Wildman–Crippen LogP) is 3.23. The highest BCUT2D eigenvalue weighted by atomic mass is 16.5. The number of benzene rings is 1. The summed E-state index contributed by atoms with van der Waals surface area (Å²) in [7, 11) is 0. The van der Waals surface area contributed by atoms with E-state index < -0.39 is 0 Å². The number of aromatic nitrogens is 1. The molecule has 19 heavy (non-hydrogen) atoms. The summed E-state index contributed by atoms with van der Waals surface area (Å²) >= 11 is 0. The van der Waals surface area contributed by atoms with Crippen molar-refractivity contribution in [3.05, 3.63) is 59.4 Å². The number of nitrogens with zero attached hydrogens (tertiary/aromatic N) is 1. The average Bonchev–Trinajstić information content (AvgIpc) is 2.38. The summed E-state index contributed by atoms with van der Waals surface area (Å²) in [4.78, 5) is 4.39. The molecule has 0 fully saturated rings. The van der Waals surface area contributed by atoms with Gasteiger partial charge in [-0.2, -0.15) is 0 Å². The highest BCUT2D eigenvalue weighted by Gasteiger charge is 2.17. The molecular formula is C16H20N2O. The standard InChI is InChI=1S/C16H20N2O/c1-11(2)19-14-9-5-4-8-13(14)15(17)16-12(3)7-6-10-18-16/h4-11,15H,17H2,1-3H3. The number of ether oxygens (including phenoxy) is 1. The molecular weight excluding hydrogens is 236 g/mol. The molecule has 0 aliphatic rings. The van der Waals surface area contributed by atoms with Gasteiger partial charge in [-0.1, -0.05) is 24.3 Å². The molecule has 1 unspecified atom stereocenters. The molecule has 100 valence electrons. The lowest BCUT2D eigenvalue weighted by atomic mass is 10.00. The first kappa shape index (κ1) is 13.6. The number of hydrogen-bond acceptors (Lipinski definition) is 3. The lowest BCUT2D eigenvalue weighted by molar-refractivity contribution is 0.239. The van der Waals surface area contributed by atoms with Crippen LogP contribution in [0, 0.1) is 6.92 Å². The van der Waals surface area contributed by atoms with Crippen molar-refractivity contribution in [3.8, 4) is 5.75 Å². The van der Waals surface area contributed by atoms with Crippen LogP contribution in [-0.2, 0) is 0 Å². The first-order chi connectivity index (χ1) is 9.09. The van der Waals surface area contributed by atoms with Gasteiger partial charge in [-0.25, -0.2) is 0 Å². The first-order valence-electron chi connectivity index (χ1n) is 6.52. The third-order valence-electron chi connectivity index (χ3n) is 2.96. The quantitative estimate of drug-likeness (QED) is 0.913. The molecule has 1 heterocycles. The zero-order valence-corrected chi connectivity index (χ0v) is 11.6. The number of rotatable bonds is 4. The van der Waals surface area contributed by atoms with E-state index in [1.807, 2.05) is 57.2 Å². The van der Waals surface area contributed by atoms with Gasteiger partial charge >= 0.3 is 0 Å². The Balaban J connectivity index is 2.39. The molecule has 0 radical (unpaired) electrons. The summed E-state index contributed by atoms with van der Waals surface area (Å²) in [6.45, 7) is 6.04. The highest BCUT2D eigenvalue weighted by molar-refractivity contribution is 5.41. The van der Waals surface area contributed by atoms with Crippen molar-refractivity contribution in [2.75, 3.05) is 0 Å². The summed E-state index contributed by atoms with van der Waals surface area (Å²) in [6, 6.07) is 11.6. The summed E-state index contributed by atoms with van der Waals surface area (Å²) < 4.78 is 5.82. The third-order valence-corrected chi connectivity index (χ3v) is 2.96. The topological polar surface area (TPSA) is 48.1 Å². The Morgan fingerprint density at radius 3 is 2.53 bits per heavy atom. The fourth-order valence-electron chi connectivity index (χ4n) is 2.07. The maximum Gasteiger partial charge on any atom is 0.124 e. The summed E-state index contributed by atoms with van der Waals surface area (Å²) in [5.41, 5.74) is 9.30. The summed E-state index contributed by atoms with van der Waals surface area (Å²) in [5, 5.41) is 0. The second-order valence-electron chi connectivity index (χ2n) is 4.89. The molecule has 0 saturated heterocycles. The van der Waals surface area contributed by atoms with Crippen LogP contribution >= 0.6 is 0 Å². The lowest BCUT2D eigenvalue weighted by Gasteiger charge is -2.19. The van der Waals surface area contributed by atoms with Crippen molar-refractivity contribution in [1.29, 1.82) is 0 Å². The predicted molar refractivity (Wildman–Crippen MR) is 77.2 cm³/mol. The van der Waals surface area contributed by atoms with Crippen molar-refractivity contribution >= 4 is 0 Å². The smallest absolute Gasteiger partial charge is 0.124 e. The minimum Gasteiger partial charge on any atom is -0.491 e. The molecule has 2 N–H and O–H groups in total. The fraction of sp³-hybridized carbons (Fsp3) is 0.312. The third kappa shape index (κ3) is 3.12. The fourth-order valence-corrected chi connectivity index (χ4v) is 2.07.